The third-order valence-electron chi connectivity index (χ3n) is 6.39. The lowest BCUT2D eigenvalue weighted by molar-refractivity contribution is -0.116. The van der Waals surface area contributed by atoms with Crippen molar-refractivity contribution in [1.29, 1.82) is 0 Å². The van der Waals surface area contributed by atoms with Crippen molar-refractivity contribution in [2.45, 2.75) is 44.0 Å². The molecule has 0 bridgehead atoms. The predicted molar refractivity (Wildman–Crippen MR) is 141 cm³/mol. The Morgan fingerprint density at radius 2 is 1.97 bits per heavy atom. The third kappa shape index (κ3) is 5.18. The molecule has 8 heteroatoms. The number of aromatic nitrogens is 2. The van der Waals surface area contributed by atoms with Crippen molar-refractivity contribution in [3.05, 3.63) is 82.9 Å². The Balaban J connectivity index is 1.67. The highest BCUT2D eigenvalue weighted by atomic mass is 32.2. The van der Waals surface area contributed by atoms with Crippen LogP contribution < -0.4 is 10.1 Å². The zero-order valence-corrected chi connectivity index (χ0v) is 21.7. The zero-order valence-electron chi connectivity index (χ0n) is 20.9. The summed E-state index contributed by atoms with van der Waals surface area (Å²) in [4.78, 5) is 14.2. The van der Waals surface area contributed by atoms with Gasteiger partial charge >= 0.3 is 0 Å². The first kappa shape index (κ1) is 25.6. The van der Waals surface area contributed by atoms with E-state index in [9.17, 15) is 13.4 Å². The van der Waals surface area contributed by atoms with Crippen molar-refractivity contribution in [3.8, 4) is 11.4 Å². The number of amides is 1. The Labute approximate surface area is 213 Å². The minimum Gasteiger partial charge on any atom is -0.495 e. The molecule has 188 valence electrons. The molecule has 1 N–H and O–H groups in total. The molecule has 4 rings (SSSR count). The van der Waals surface area contributed by atoms with Crippen LogP contribution in [0.5, 0.6) is 5.75 Å². The highest BCUT2D eigenvalue weighted by molar-refractivity contribution is 7.84. The van der Waals surface area contributed by atoms with E-state index in [1.165, 1.54) is 17.7 Å². The van der Waals surface area contributed by atoms with Crippen LogP contribution in [0.1, 0.15) is 56.0 Å². The Morgan fingerprint density at radius 3 is 2.61 bits per heavy atom. The average molecular weight is 508 g/mol. The Morgan fingerprint density at radius 1 is 1.22 bits per heavy atom. The van der Waals surface area contributed by atoms with E-state index >= 15 is 0 Å². The first-order valence-corrected chi connectivity index (χ1v) is 13.5. The Bertz CT molecular complexity index is 1360. The lowest BCUT2D eigenvalue weighted by Gasteiger charge is -2.20. The summed E-state index contributed by atoms with van der Waals surface area (Å²) in [5.74, 6) is 0.0196. The van der Waals surface area contributed by atoms with Crippen molar-refractivity contribution in [2.24, 2.45) is 0 Å². The molecule has 6 nitrogen and oxygen atoms in total. The van der Waals surface area contributed by atoms with E-state index in [1.54, 1.807) is 42.4 Å². The van der Waals surface area contributed by atoms with Gasteiger partial charge in [-0.25, -0.2) is 9.07 Å². The molecule has 0 aliphatic heterocycles. The van der Waals surface area contributed by atoms with Crippen LogP contribution in [0.3, 0.4) is 0 Å². The standard InChI is InChI=1S/C28H30FN3O3S/c1-5-18-7-13-22(23-17-30-32(25(23)15-18)21-11-9-20(29)10-12-21)28(33)31-24(6-2)19-8-14-27(36(4)34)26(16-19)35-3/h8-17,24H,5-7H2,1-4H3,(H,31,33). The molecule has 1 aliphatic rings. The molecule has 0 fully saturated rings. The number of methoxy groups -OCH3 is 1. The van der Waals surface area contributed by atoms with Crippen LogP contribution in [0.4, 0.5) is 4.39 Å². The molecule has 1 aliphatic carbocycles. The van der Waals surface area contributed by atoms with Gasteiger partial charge in [-0.1, -0.05) is 31.6 Å². The topological polar surface area (TPSA) is 73.2 Å². The Hall–Kier alpha value is -3.52. The van der Waals surface area contributed by atoms with Gasteiger partial charge in [0.15, 0.2) is 0 Å². The molecule has 0 saturated carbocycles. The number of fused-ring (bicyclic) bond motifs is 1. The van der Waals surface area contributed by atoms with Crippen molar-refractivity contribution >= 4 is 28.4 Å². The number of halogens is 1. The smallest absolute Gasteiger partial charge is 0.252 e. The van der Waals surface area contributed by atoms with Gasteiger partial charge in [-0.2, -0.15) is 5.10 Å². The summed E-state index contributed by atoms with van der Waals surface area (Å²) in [6.45, 7) is 4.08. The maximum absolute atomic E-state index is 13.6. The number of nitrogens with one attached hydrogen (secondary N) is 1. The maximum atomic E-state index is 13.6. The number of nitrogens with zero attached hydrogens (tertiary/aromatic N) is 2. The molecule has 1 amide bonds. The summed E-state index contributed by atoms with van der Waals surface area (Å²) >= 11 is 0. The van der Waals surface area contributed by atoms with Crippen molar-refractivity contribution < 1.29 is 18.1 Å². The highest BCUT2D eigenvalue weighted by Gasteiger charge is 2.24. The van der Waals surface area contributed by atoms with Gasteiger partial charge in [0.05, 0.1) is 46.4 Å². The van der Waals surface area contributed by atoms with Crippen LogP contribution in [0, 0.1) is 5.82 Å². The van der Waals surface area contributed by atoms with Crippen LogP contribution >= 0.6 is 0 Å². The molecule has 0 saturated heterocycles. The fraction of sp³-hybridized carbons (Fsp3) is 0.286. The fourth-order valence-electron chi connectivity index (χ4n) is 4.34. The monoisotopic (exact) mass is 507 g/mol. The molecule has 1 heterocycles. The van der Waals surface area contributed by atoms with Crippen LogP contribution in [-0.4, -0.2) is 33.3 Å². The summed E-state index contributed by atoms with van der Waals surface area (Å²) < 4.78 is 32.7. The zero-order chi connectivity index (χ0) is 25.8. The van der Waals surface area contributed by atoms with Crippen LogP contribution in [0.25, 0.3) is 17.3 Å². The lowest BCUT2D eigenvalue weighted by atomic mass is 10.0. The summed E-state index contributed by atoms with van der Waals surface area (Å²) in [5, 5.41) is 7.69. The van der Waals surface area contributed by atoms with Crippen LogP contribution in [0.15, 0.2) is 65.2 Å². The minimum atomic E-state index is -1.18. The molecule has 3 aromatic rings. The van der Waals surface area contributed by atoms with E-state index in [0.717, 1.165) is 28.9 Å². The highest BCUT2D eigenvalue weighted by Crippen LogP contribution is 2.32. The lowest BCUT2D eigenvalue weighted by Crippen LogP contribution is -2.29. The second kappa shape index (κ2) is 11.0. The molecule has 2 aromatic carbocycles. The van der Waals surface area contributed by atoms with Gasteiger partial charge in [0.25, 0.3) is 5.91 Å². The average Bonchev–Trinajstić information content (AvgIpc) is 3.19. The molecule has 1 aromatic heterocycles. The molecular formula is C28H30FN3O3S. The van der Waals surface area contributed by atoms with Gasteiger partial charge in [-0.3, -0.25) is 9.00 Å². The summed E-state index contributed by atoms with van der Waals surface area (Å²) in [7, 11) is 0.364. The van der Waals surface area contributed by atoms with E-state index in [-0.39, 0.29) is 17.8 Å². The number of carbonyl (C=O) groups is 1. The van der Waals surface area contributed by atoms with E-state index in [1.807, 2.05) is 25.1 Å². The normalized spacial score (nSPS) is 14.7. The number of benzene rings is 2. The van der Waals surface area contributed by atoms with Gasteiger partial charge in [0, 0.05) is 17.4 Å². The SMILES string of the molecule is CCC1=Cc2c(cnn2-c2ccc(F)cc2)C(C(=O)NC(CC)c2ccc(S(C)=O)c(OC)c2)=CC1. The summed E-state index contributed by atoms with van der Waals surface area (Å²) in [5.41, 5.74) is 4.84. The largest absolute Gasteiger partial charge is 0.495 e. The maximum Gasteiger partial charge on any atom is 0.252 e. The number of carbonyl (C=O) groups excluding carboxylic acids is 1. The van der Waals surface area contributed by atoms with Gasteiger partial charge < -0.3 is 10.1 Å². The number of allylic oxidation sites excluding steroid dienone is 2. The first-order valence-electron chi connectivity index (χ1n) is 11.9. The molecule has 36 heavy (non-hydrogen) atoms. The van der Waals surface area contributed by atoms with Gasteiger partial charge in [-0.15, -0.1) is 0 Å². The quantitative estimate of drug-likeness (QED) is 0.430. The van der Waals surface area contributed by atoms with Crippen molar-refractivity contribution in [3.63, 3.8) is 0 Å². The molecule has 2 atom stereocenters. The molecule has 2 unspecified atom stereocenters. The van der Waals surface area contributed by atoms with E-state index in [4.69, 9.17) is 4.74 Å². The van der Waals surface area contributed by atoms with Crippen molar-refractivity contribution in [2.75, 3.05) is 13.4 Å². The second-order valence-electron chi connectivity index (χ2n) is 8.61. The van der Waals surface area contributed by atoms with Crippen LogP contribution in [-0.2, 0) is 15.6 Å². The van der Waals surface area contributed by atoms with Gasteiger partial charge in [0.1, 0.15) is 11.6 Å². The third-order valence-corrected chi connectivity index (χ3v) is 7.35. The summed E-state index contributed by atoms with van der Waals surface area (Å²) in [6.07, 6.45) is 9.46. The van der Waals surface area contributed by atoms with Crippen molar-refractivity contribution in [1.82, 2.24) is 15.1 Å². The second-order valence-corrected chi connectivity index (χ2v) is 9.96. The summed E-state index contributed by atoms with van der Waals surface area (Å²) in [6, 6.07) is 11.4. The first-order chi connectivity index (χ1) is 17.4. The number of ether oxygens (including phenoxy) is 1. The molecule has 0 spiro atoms. The number of hydrogen-bond donors (Lipinski definition) is 1. The van der Waals surface area contributed by atoms with E-state index in [2.05, 4.69) is 23.4 Å². The van der Waals surface area contributed by atoms with E-state index < -0.39 is 10.8 Å². The van der Waals surface area contributed by atoms with Gasteiger partial charge in [-0.05, 0) is 67.3 Å². The molecular weight excluding hydrogens is 477 g/mol. The van der Waals surface area contributed by atoms with Crippen LogP contribution in [0.2, 0.25) is 0 Å². The van der Waals surface area contributed by atoms with Gasteiger partial charge in [0.2, 0.25) is 0 Å². The number of rotatable bonds is 8. The molecule has 0 radical (unpaired) electrons. The van der Waals surface area contributed by atoms with E-state index in [0.29, 0.717) is 29.1 Å². The predicted octanol–water partition coefficient (Wildman–Crippen LogP) is 5.61. The fourth-order valence-corrected chi connectivity index (χ4v) is 5.03. The number of hydrogen-bond acceptors (Lipinski definition) is 4. The minimum absolute atomic E-state index is 0.199. The Kier molecular flexibility index (Phi) is 7.84.